The molecule has 0 unspecified atom stereocenters. The zero-order valence-electron chi connectivity index (χ0n) is 17.1. The van der Waals surface area contributed by atoms with Gasteiger partial charge in [0.2, 0.25) is 0 Å². The zero-order chi connectivity index (χ0) is 20.5. The van der Waals surface area contributed by atoms with Crippen LogP contribution in [0.15, 0.2) is 48.5 Å². The maximum atomic E-state index is 11.3. The second kappa shape index (κ2) is 11.2. The Kier molecular flexibility index (Phi) is 8.38. The van der Waals surface area contributed by atoms with Crippen molar-refractivity contribution < 1.29 is 14.3 Å². The molecule has 5 heteroatoms. The number of carbonyl (C=O) groups excluding carboxylic acids is 1. The van der Waals surface area contributed by atoms with Gasteiger partial charge in [-0.15, -0.1) is 0 Å². The number of likely N-dealkylation sites (tertiary alicyclic amines) is 1. The average Bonchev–Trinajstić information content (AvgIpc) is 2.75. The molecule has 29 heavy (non-hydrogen) atoms. The number of hydrogen-bond donors (Lipinski definition) is 0. The van der Waals surface area contributed by atoms with E-state index < -0.39 is 0 Å². The van der Waals surface area contributed by atoms with Gasteiger partial charge in [0.1, 0.15) is 12.4 Å². The van der Waals surface area contributed by atoms with E-state index in [-0.39, 0.29) is 5.97 Å². The first-order chi connectivity index (χ1) is 14.1. The molecule has 3 rings (SSSR count). The van der Waals surface area contributed by atoms with Gasteiger partial charge in [0.25, 0.3) is 0 Å². The van der Waals surface area contributed by atoms with Crippen molar-refractivity contribution in [1.82, 2.24) is 4.90 Å². The Morgan fingerprint density at radius 1 is 1.07 bits per heavy atom. The lowest BCUT2D eigenvalue weighted by molar-refractivity contribution is -0.140. The quantitative estimate of drug-likeness (QED) is 0.533. The van der Waals surface area contributed by atoms with Crippen LogP contribution in [0.2, 0.25) is 5.02 Å². The Balaban J connectivity index is 1.47. The zero-order valence-corrected chi connectivity index (χ0v) is 17.9. The molecule has 0 aromatic heterocycles. The third-order valence-corrected chi connectivity index (χ3v) is 5.74. The molecular formula is C24H30ClNO3. The summed E-state index contributed by atoms with van der Waals surface area (Å²) < 4.78 is 10.8. The summed E-state index contributed by atoms with van der Waals surface area (Å²) in [6.07, 6.45) is 5.80. The third-order valence-electron chi connectivity index (χ3n) is 5.49. The summed E-state index contributed by atoms with van der Waals surface area (Å²) in [5.74, 6) is 0.776. The van der Waals surface area contributed by atoms with Gasteiger partial charge in [-0.3, -0.25) is 9.69 Å². The van der Waals surface area contributed by atoms with Crippen molar-refractivity contribution >= 4 is 17.6 Å². The Hall–Kier alpha value is -2.04. The van der Waals surface area contributed by atoms with Crippen molar-refractivity contribution in [1.29, 1.82) is 0 Å². The molecule has 1 aliphatic rings. The molecule has 1 aliphatic heterocycles. The van der Waals surface area contributed by atoms with Gasteiger partial charge in [-0.1, -0.05) is 42.3 Å². The molecule has 0 N–H and O–H groups in total. The maximum Gasteiger partial charge on any atom is 0.305 e. The fraction of sp³-hybridized carbons (Fsp3) is 0.458. The molecule has 1 saturated heterocycles. The van der Waals surface area contributed by atoms with Crippen LogP contribution in [-0.4, -0.2) is 43.7 Å². The molecule has 1 heterocycles. The Bertz CT molecular complexity index is 761. The number of piperidine rings is 1. The van der Waals surface area contributed by atoms with Crippen LogP contribution >= 0.6 is 11.6 Å². The highest BCUT2D eigenvalue weighted by molar-refractivity contribution is 6.30. The van der Waals surface area contributed by atoms with Crippen molar-refractivity contribution in [3.8, 4) is 5.75 Å². The van der Waals surface area contributed by atoms with E-state index >= 15 is 0 Å². The van der Waals surface area contributed by atoms with E-state index in [0.29, 0.717) is 19.1 Å². The number of ether oxygens (including phenoxy) is 2. The molecule has 0 bridgehead atoms. The SMILES string of the molecule is COC(=O)CCCN1CCCC[C@@H]1COc1ccc(Cc2ccc(Cl)cc2)cc1. The molecule has 0 radical (unpaired) electrons. The minimum absolute atomic E-state index is 0.131. The van der Waals surface area contributed by atoms with Crippen LogP contribution in [0.5, 0.6) is 5.75 Å². The molecule has 0 aliphatic carbocycles. The predicted octanol–water partition coefficient (Wildman–Crippen LogP) is 5.12. The summed E-state index contributed by atoms with van der Waals surface area (Å²) in [4.78, 5) is 13.8. The number of halogens is 1. The molecule has 2 aromatic rings. The number of benzene rings is 2. The molecule has 156 valence electrons. The van der Waals surface area contributed by atoms with Gasteiger partial charge in [-0.25, -0.2) is 0 Å². The molecule has 1 fully saturated rings. The summed E-state index contributed by atoms with van der Waals surface area (Å²) in [5.41, 5.74) is 2.50. The average molecular weight is 416 g/mol. The minimum Gasteiger partial charge on any atom is -0.492 e. The van der Waals surface area contributed by atoms with Crippen molar-refractivity contribution in [3.05, 3.63) is 64.7 Å². The summed E-state index contributed by atoms with van der Waals surface area (Å²) in [6.45, 7) is 2.69. The van der Waals surface area contributed by atoms with Crippen LogP contribution in [0, 0.1) is 0 Å². The van der Waals surface area contributed by atoms with Gasteiger partial charge >= 0.3 is 5.97 Å². The van der Waals surface area contributed by atoms with Crippen molar-refractivity contribution in [3.63, 3.8) is 0 Å². The van der Waals surface area contributed by atoms with Crippen molar-refractivity contribution in [2.75, 3.05) is 26.8 Å². The topological polar surface area (TPSA) is 38.8 Å². The fourth-order valence-electron chi connectivity index (χ4n) is 3.81. The smallest absolute Gasteiger partial charge is 0.305 e. The van der Waals surface area contributed by atoms with E-state index in [9.17, 15) is 4.79 Å². The summed E-state index contributed by atoms with van der Waals surface area (Å²) in [5, 5.41) is 0.763. The molecule has 0 amide bonds. The fourth-order valence-corrected chi connectivity index (χ4v) is 3.93. The van der Waals surface area contributed by atoms with Gasteiger partial charge < -0.3 is 9.47 Å². The standard InChI is InChI=1S/C24H30ClNO3/c1-28-24(27)6-4-16-26-15-3-2-5-22(26)18-29-23-13-9-20(10-14-23)17-19-7-11-21(25)12-8-19/h7-14,22H,2-6,15-18H2,1H3/t22-/m1/s1. The first-order valence-corrected chi connectivity index (χ1v) is 10.8. The largest absolute Gasteiger partial charge is 0.492 e. The van der Waals surface area contributed by atoms with Crippen LogP contribution < -0.4 is 4.74 Å². The van der Waals surface area contributed by atoms with Gasteiger partial charge in [-0.05, 0) is 74.2 Å². The number of hydrogen-bond acceptors (Lipinski definition) is 4. The van der Waals surface area contributed by atoms with Crippen molar-refractivity contribution in [2.45, 2.75) is 44.6 Å². The summed E-state index contributed by atoms with van der Waals surface area (Å²) >= 11 is 5.95. The monoisotopic (exact) mass is 415 g/mol. The molecule has 0 saturated carbocycles. The molecule has 0 spiro atoms. The van der Waals surface area contributed by atoms with Crippen molar-refractivity contribution in [2.24, 2.45) is 0 Å². The normalized spacial score (nSPS) is 17.1. The van der Waals surface area contributed by atoms with E-state index in [1.54, 1.807) is 0 Å². The number of rotatable bonds is 9. The number of esters is 1. The van der Waals surface area contributed by atoms with Crippen LogP contribution in [-0.2, 0) is 16.0 Å². The highest BCUT2D eigenvalue weighted by Crippen LogP contribution is 2.21. The minimum atomic E-state index is -0.131. The lowest BCUT2D eigenvalue weighted by Gasteiger charge is -2.35. The number of methoxy groups -OCH3 is 1. The first-order valence-electron chi connectivity index (χ1n) is 10.4. The maximum absolute atomic E-state index is 11.3. The molecule has 4 nitrogen and oxygen atoms in total. The molecule has 1 atom stereocenters. The molecule has 2 aromatic carbocycles. The lowest BCUT2D eigenvalue weighted by Crippen LogP contribution is -2.43. The third kappa shape index (κ3) is 7.06. The number of nitrogens with zero attached hydrogens (tertiary/aromatic N) is 1. The second-order valence-electron chi connectivity index (χ2n) is 7.62. The summed E-state index contributed by atoms with van der Waals surface area (Å²) in [7, 11) is 1.45. The summed E-state index contributed by atoms with van der Waals surface area (Å²) in [6, 6.07) is 16.7. The highest BCUT2D eigenvalue weighted by atomic mass is 35.5. The van der Waals surface area contributed by atoms with E-state index in [4.69, 9.17) is 21.1 Å². The van der Waals surface area contributed by atoms with E-state index in [2.05, 4.69) is 41.3 Å². The van der Waals surface area contributed by atoms with E-state index in [1.165, 1.54) is 31.1 Å². The van der Waals surface area contributed by atoms with Crippen LogP contribution in [0.1, 0.15) is 43.2 Å². The lowest BCUT2D eigenvalue weighted by atomic mass is 10.0. The molecular weight excluding hydrogens is 386 g/mol. The Morgan fingerprint density at radius 2 is 1.76 bits per heavy atom. The van der Waals surface area contributed by atoms with Gasteiger partial charge in [0.15, 0.2) is 0 Å². The second-order valence-corrected chi connectivity index (χ2v) is 8.06. The Morgan fingerprint density at radius 3 is 2.45 bits per heavy atom. The Labute approximate surface area is 178 Å². The number of carbonyl (C=O) groups is 1. The first kappa shape index (κ1) is 21.7. The highest BCUT2D eigenvalue weighted by Gasteiger charge is 2.22. The van der Waals surface area contributed by atoms with E-state index in [1.807, 2.05) is 12.1 Å². The van der Waals surface area contributed by atoms with Crippen LogP contribution in [0.25, 0.3) is 0 Å². The predicted molar refractivity (Wildman–Crippen MR) is 117 cm³/mol. The van der Waals surface area contributed by atoms with Gasteiger partial charge in [-0.2, -0.15) is 0 Å². The van der Waals surface area contributed by atoms with Crippen LogP contribution in [0.3, 0.4) is 0 Å². The van der Waals surface area contributed by atoms with Gasteiger partial charge in [0, 0.05) is 17.5 Å². The van der Waals surface area contributed by atoms with Gasteiger partial charge in [0.05, 0.1) is 7.11 Å². The van der Waals surface area contributed by atoms with E-state index in [0.717, 1.165) is 43.1 Å². The van der Waals surface area contributed by atoms with Crippen LogP contribution in [0.4, 0.5) is 0 Å².